The first kappa shape index (κ1) is 13.9. The average molecular weight is 289 g/mol. The lowest BCUT2D eigenvalue weighted by Crippen LogP contribution is -2.38. The maximum atomic E-state index is 12.5. The summed E-state index contributed by atoms with van der Waals surface area (Å²) in [4.78, 5) is 18.7. The van der Waals surface area contributed by atoms with Crippen molar-refractivity contribution < 1.29 is 13.9 Å². The molecule has 21 heavy (non-hydrogen) atoms. The predicted molar refractivity (Wildman–Crippen MR) is 75.7 cm³/mol. The van der Waals surface area contributed by atoms with Gasteiger partial charge in [0.05, 0.1) is 37.1 Å². The van der Waals surface area contributed by atoms with Crippen molar-refractivity contribution in [2.24, 2.45) is 0 Å². The van der Waals surface area contributed by atoms with Crippen LogP contribution in [0.15, 0.2) is 23.1 Å². The summed E-state index contributed by atoms with van der Waals surface area (Å²) in [6.07, 6.45) is 3.38. The smallest absolute Gasteiger partial charge is 0.290 e. The van der Waals surface area contributed by atoms with Crippen LogP contribution in [0.3, 0.4) is 0 Å². The Morgan fingerprint density at radius 3 is 3.05 bits per heavy atom. The first-order chi connectivity index (χ1) is 10.2. The number of carbonyl (C=O) groups excluding carboxylic acids is 1. The Morgan fingerprint density at radius 1 is 1.48 bits per heavy atom. The van der Waals surface area contributed by atoms with Crippen molar-refractivity contribution in [3.05, 3.63) is 41.4 Å². The van der Waals surface area contributed by atoms with Gasteiger partial charge in [-0.3, -0.25) is 4.79 Å². The molecule has 0 saturated carbocycles. The summed E-state index contributed by atoms with van der Waals surface area (Å²) in [6.45, 7) is 6.93. The molecule has 0 unspecified atom stereocenters. The Hall–Kier alpha value is -2.08. The van der Waals surface area contributed by atoms with E-state index in [1.165, 1.54) is 0 Å². The Kier molecular flexibility index (Phi) is 3.79. The Morgan fingerprint density at radius 2 is 2.33 bits per heavy atom. The molecule has 0 atom stereocenters. The number of fused-ring (bicyclic) bond motifs is 1. The molecule has 0 bridgehead atoms. The fourth-order valence-electron chi connectivity index (χ4n) is 2.54. The Balaban J connectivity index is 1.79. The molecule has 6 nitrogen and oxygen atoms in total. The molecule has 1 aliphatic rings. The molecule has 2 aromatic heterocycles. The second-order valence-corrected chi connectivity index (χ2v) is 5.13. The van der Waals surface area contributed by atoms with Gasteiger partial charge in [0.1, 0.15) is 0 Å². The molecule has 3 rings (SSSR count). The minimum atomic E-state index is -0.0627. The SMILES string of the molecule is CCOCc1ncn2c1CN(C(=O)c1occc1C)CC2. The zero-order chi connectivity index (χ0) is 14.8. The van der Waals surface area contributed by atoms with E-state index in [1.54, 1.807) is 11.2 Å². The van der Waals surface area contributed by atoms with Crippen molar-refractivity contribution in [1.29, 1.82) is 0 Å². The summed E-state index contributed by atoms with van der Waals surface area (Å²) in [7, 11) is 0. The number of ether oxygens (including phenoxy) is 1. The number of hydrogen-bond donors (Lipinski definition) is 0. The zero-order valence-electron chi connectivity index (χ0n) is 12.3. The highest BCUT2D eigenvalue weighted by molar-refractivity contribution is 5.92. The molecule has 6 heteroatoms. The molecule has 1 aliphatic heterocycles. The van der Waals surface area contributed by atoms with E-state index in [1.807, 2.05) is 26.2 Å². The first-order valence-electron chi connectivity index (χ1n) is 7.14. The van der Waals surface area contributed by atoms with Crippen LogP contribution in [0, 0.1) is 6.92 Å². The molecule has 2 aromatic rings. The van der Waals surface area contributed by atoms with E-state index >= 15 is 0 Å². The van der Waals surface area contributed by atoms with Gasteiger partial charge >= 0.3 is 0 Å². The van der Waals surface area contributed by atoms with Crippen LogP contribution in [-0.2, 0) is 24.4 Å². The molecule has 0 aromatic carbocycles. The monoisotopic (exact) mass is 289 g/mol. The number of aromatic nitrogens is 2. The molecular weight excluding hydrogens is 270 g/mol. The molecular formula is C15H19N3O3. The van der Waals surface area contributed by atoms with Crippen molar-refractivity contribution in [3.8, 4) is 0 Å². The van der Waals surface area contributed by atoms with Gasteiger partial charge in [0.15, 0.2) is 5.76 Å². The van der Waals surface area contributed by atoms with E-state index in [4.69, 9.17) is 9.15 Å². The third-order valence-electron chi connectivity index (χ3n) is 3.77. The molecule has 0 radical (unpaired) electrons. The lowest BCUT2D eigenvalue weighted by atomic mass is 10.2. The lowest BCUT2D eigenvalue weighted by molar-refractivity contribution is 0.0673. The maximum Gasteiger partial charge on any atom is 0.290 e. The number of imidazole rings is 1. The van der Waals surface area contributed by atoms with Crippen LogP contribution >= 0.6 is 0 Å². The second-order valence-electron chi connectivity index (χ2n) is 5.13. The van der Waals surface area contributed by atoms with Gasteiger partial charge in [0, 0.05) is 25.3 Å². The van der Waals surface area contributed by atoms with Gasteiger partial charge in [0.2, 0.25) is 0 Å². The van der Waals surface area contributed by atoms with Crippen molar-refractivity contribution >= 4 is 5.91 Å². The molecule has 0 saturated heterocycles. The quantitative estimate of drug-likeness (QED) is 0.863. The number of amides is 1. The lowest BCUT2D eigenvalue weighted by Gasteiger charge is -2.28. The van der Waals surface area contributed by atoms with E-state index in [2.05, 4.69) is 9.55 Å². The van der Waals surface area contributed by atoms with E-state index in [-0.39, 0.29) is 5.91 Å². The van der Waals surface area contributed by atoms with E-state index in [0.29, 0.717) is 32.1 Å². The highest BCUT2D eigenvalue weighted by Crippen LogP contribution is 2.20. The van der Waals surface area contributed by atoms with Crippen LogP contribution in [0.1, 0.15) is 34.4 Å². The fraction of sp³-hybridized carbons (Fsp3) is 0.467. The maximum absolute atomic E-state index is 12.5. The third-order valence-corrected chi connectivity index (χ3v) is 3.77. The summed E-state index contributed by atoms with van der Waals surface area (Å²) in [6, 6.07) is 1.81. The molecule has 0 N–H and O–H groups in total. The number of rotatable bonds is 4. The van der Waals surface area contributed by atoms with E-state index in [0.717, 1.165) is 23.5 Å². The van der Waals surface area contributed by atoms with Gasteiger partial charge in [-0.2, -0.15) is 0 Å². The second kappa shape index (κ2) is 5.73. The van der Waals surface area contributed by atoms with Crippen LogP contribution in [-0.4, -0.2) is 33.5 Å². The number of furan rings is 1. The van der Waals surface area contributed by atoms with Crippen molar-refractivity contribution in [1.82, 2.24) is 14.5 Å². The highest BCUT2D eigenvalue weighted by atomic mass is 16.5. The topological polar surface area (TPSA) is 60.5 Å². The van der Waals surface area contributed by atoms with Gasteiger partial charge in [-0.1, -0.05) is 0 Å². The predicted octanol–water partition coefficient (Wildman–Crippen LogP) is 1.98. The third kappa shape index (κ3) is 2.58. The largest absolute Gasteiger partial charge is 0.459 e. The van der Waals surface area contributed by atoms with Gasteiger partial charge in [-0.25, -0.2) is 4.98 Å². The number of carbonyl (C=O) groups is 1. The molecule has 0 fully saturated rings. The van der Waals surface area contributed by atoms with E-state index < -0.39 is 0 Å². The normalized spacial score (nSPS) is 14.3. The number of nitrogens with zero attached hydrogens (tertiary/aromatic N) is 3. The minimum absolute atomic E-state index is 0.0627. The van der Waals surface area contributed by atoms with Crippen LogP contribution < -0.4 is 0 Å². The molecule has 0 spiro atoms. The standard InChI is InChI=1S/C15H19N3O3/c1-3-20-9-12-13-8-17(5-6-18(13)10-16-12)15(19)14-11(2)4-7-21-14/h4,7,10H,3,5-6,8-9H2,1-2H3. The number of hydrogen-bond acceptors (Lipinski definition) is 4. The molecule has 1 amide bonds. The fourth-order valence-corrected chi connectivity index (χ4v) is 2.54. The Bertz CT molecular complexity index is 644. The molecule has 3 heterocycles. The van der Waals surface area contributed by atoms with Crippen molar-refractivity contribution in [2.75, 3.05) is 13.2 Å². The summed E-state index contributed by atoms with van der Waals surface area (Å²) in [5.74, 6) is 0.363. The molecule has 112 valence electrons. The Labute approximate surface area is 123 Å². The van der Waals surface area contributed by atoms with Crippen molar-refractivity contribution in [3.63, 3.8) is 0 Å². The van der Waals surface area contributed by atoms with Gasteiger partial charge in [0.25, 0.3) is 5.91 Å². The summed E-state index contributed by atoms with van der Waals surface area (Å²) >= 11 is 0. The first-order valence-corrected chi connectivity index (χ1v) is 7.14. The van der Waals surface area contributed by atoms with Crippen molar-refractivity contribution in [2.45, 2.75) is 33.5 Å². The minimum Gasteiger partial charge on any atom is -0.459 e. The summed E-state index contributed by atoms with van der Waals surface area (Å²) in [5, 5.41) is 0. The van der Waals surface area contributed by atoms with E-state index in [9.17, 15) is 4.79 Å². The summed E-state index contributed by atoms with van der Waals surface area (Å²) in [5.41, 5.74) is 2.83. The average Bonchev–Trinajstić information content (AvgIpc) is 3.10. The summed E-state index contributed by atoms with van der Waals surface area (Å²) < 4.78 is 12.8. The van der Waals surface area contributed by atoms with Crippen LogP contribution in [0.2, 0.25) is 0 Å². The van der Waals surface area contributed by atoms with Gasteiger partial charge in [-0.05, 0) is 19.9 Å². The van der Waals surface area contributed by atoms with Crippen LogP contribution in [0.5, 0.6) is 0 Å². The van der Waals surface area contributed by atoms with Gasteiger partial charge < -0.3 is 18.6 Å². The molecule has 0 aliphatic carbocycles. The van der Waals surface area contributed by atoms with Crippen LogP contribution in [0.25, 0.3) is 0 Å². The van der Waals surface area contributed by atoms with Gasteiger partial charge in [-0.15, -0.1) is 0 Å². The highest BCUT2D eigenvalue weighted by Gasteiger charge is 2.26. The number of aryl methyl sites for hydroxylation is 1. The zero-order valence-corrected chi connectivity index (χ0v) is 12.3. The van der Waals surface area contributed by atoms with Crippen LogP contribution in [0.4, 0.5) is 0 Å².